The van der Waals surface area contributed by atoms with Gasteiger partial charge in [-0.3, -0.25) is 0 Å². The summed E-state index contributed by atoms with van der Waals surface area (Å²) in [7, 11) is 1.66. The molecule has 3 nitrogen and oxygen atoms in total. The fourth-order valence-electron chi connectivity index (χ4n) is 2.13. The maximum atomic E-state index is 5.83. The second-order valence-electron chi connectivity index (χ2n) is 5.28. The molecule has 0 aliphatic carbocycles. The summed E-state index contributed by atoms with van der Waals surface area (Å²) in [6.45, 7) is 5.61. The minimum absolute atomic E-state index is 0.697. The first-order chi connectivity index (χ1) is 10.7. The molecule has 118 valence electrons. The van der Waals surface area contributed by atoms with E-state index in [1.54, 1.807) is 7.11 Å². The van der Waals surface area contributed by atoms with Crippen LogP contribution in [0.1, 0.15) is 24.0 Å². The Morgan fingerprint density at radius 2 is 1.41 bits per heavy atom. The molecule has 2 aromatic carbocycles. The predicted octanol–water partition coefficient (Wildman–Crippen LogP) is 4.55. The Hall–Kier alpha value is -2.16. The van der Waals surface area contributed by atoms with E-state index in [-0.39, 0.29) is 0 Å². The summed E-state index contributed by atoms with van der Waals surface area (Å²) >= 11 is 0. The van der Waals surface area contributed by atoms with Gasteiger partial charge in [-0.15, -0.1) is 0 Å². The second kappa shape index (κ2) is 8.32. The zero-order chi connectivity index (χ0) is 15.8. The van der Waals surface area contributed by atoms with Crippen molar-refractivity contribution in [3.05, 3.63) is 53.6 Å². The van der Waals surface area contributed by atoms with E-state index < -0.39 is 0 Å². The van der Waals surface area contributed by atoms with Crippen molar-refractivity contribution in [2.75, 3.05) is 20.3 Å². The van der Waals surface area contributed by atoms with E-state index in [0.29, 0.717) is 6.61 Å². The molecule has 2 rings (SSSR count). The van der Waals surface area contributed by atoms with Gasteiger partial charge in [-0.25, -0.2) is 0 Å². The smallest absolute Gasteiger partial charge is 0.122 e. The van der Waals surface area contributed by atoms with Gasteiger partial charge < -0.3 is 14.2 Å². The second-order valence-corrected chi connectivity index (χ2v) is 5.28. The average molecular weight is 300 g/mol. The lowest BCUT2D eigenvalue weighted by atomic mass is 10.1. The quantitative estimate of drug-likeness (QED) is 0.669. The third-order valence-corrected chi connectivity index (χ3v) is 3.68. The molecule has 0 spiro atoms. The van der Waals surface area contributed by atoms with Crippen molar-refractivity contribution in [3.8, 4) is 17.2 Å². The highest BCUT2D eigenvalue weighted by Crippen LogP contribution is 2.21. The Morgan fingerprint density at radius 1 is 0.773 bits per heavy atom. The van der Waals surface area contributed by atoms with Crippen molar-refractivity contribution >= 4 is 0 Å². The summed E-state index contributed by atoms with van der Waals surface area (Å²) < 4.78 is 16.6. The molecule has 0 bridgehead atoms. The molecule has 0 amide bonds. The van der Waals surface area contributed by atoms with Crippen molar-refractivity contribution in [1.82, 2.24) is 0 Å². The zero-order valence-corrected chi connectivity index (χ0v) is 13.6. The molecule has 0 unspecified atom stereocenters. The monoisotopic (exact) mass is 300 g/mol. The van der Waals surface area contributed by atoms with Crippen LogP contribution in [0, 0.1) is 13.8 Å². The molecule has 0 saturated heterocycles. The Kier molecular flexibility index (Phi) is 6.13. The number of hydrogen-bond acceptors (Lipinski definition) is 3. The molecule has 0 aromatic heterocycles. The minimum Gasteiger partial charge on any atom is -0.497 e. The van der Waals surface area contributed by atoms with E-state index >= 15 is 0 Å². The van der Waals surface area contributed by atoms with Crippen LogP contribution in [0.4, 0.5) is 0 Å². The molecule has 22 heavy (non-hydrogen) atoms. The summed E-state index contributed by atoms with van der Waals surface area (Å²) in [5, 5.41) is 0. The lowest BCUT2D eigenvalue weighted by Crippen LogP contribution is -2.03. The first-order valence-electron chi connectivity index (χ1n) is 7.66. The number of methoxy groups -OCH3 is 1. The van der Waals surface area contributed by atoms with Gasteiger partial charge in [0.2, 0.25) is 0 Å². The van der Waals surface area contributed by atoms with Crippen molar-refractivity contribution in [2.45, 2.75) is 26.7 Å². The molecule has 0 atom stereocenters. The van der Waals surface area contributed by atoms with Gasteiger partial charge in [-0.05, 0) is 68.1 Å². The van der Waals surface area contributed by atoms with Gasteiger partial charge in [-0.2, -0.15) is 0 Å². The number of ether oxygens (including phenoxy) is 3. The van der Waals surface area contributed by atoms with Crippen LogP contribution in [-0.4, -0.2) is 20.3 Å². The summed E-state index contributed by atoms with van der Waals surface area (Å²) in [5.74, 6) is 2.70. The molecular weight excluding hydrogens is 276 g/mol. The van der Waals surface area contributed by atoms with Crippen LogP contribution in [0.3, 0.4) is 0 Å². The van der Waals surface area contributed by atoms with E-state index in [2.05, 4.69) is 19.9 Å². The summed E-state index contributed by atoms with van der Waals surface area (Å²) in [6.07, 6.45) is 1.94. The Balaban J connectivity index is 1.64. The predicted molar refractivity (Wildman–Crippen MR) is 89.1 cm³/mol. The highest BCUT2D eigenvalue weighted by Gasteiger charge is 2.01. The molecule has 3 heteroatoms. The van der Waals surface area contributed by atoms with E-state index in [4.69, 9.17) is 14.2 Å². The van der Waals surface area contributed by atoms with Gasteiger partial charge >= 0.3 is 0 Å². The molecular formula is C19H24O3. The molecule has 0 radical (unpaired) electrons. The van der Waals surface area contributed by atoms with Gasteiger partial charge in [0.15, 0.2) is 0 Å². The number of aryl methyl sites for hydroxylation is 1. The fourth-order valence-corrected chi connectivity index (χ4v) is 2.13. The fraction of sp³-hybridized carbons (Fsp3) is 0.368. The first-order valence-corrected chi connectivity index (χ1v) is 7.66. The summed E-state index contributed by atoms with van der Waals surface area (Å²) in [5.41, 5.74) is 2.48. The maximum absolute atomic E-state index is 5.83. The van der Waals surface area contributed by atoms with E-state index in [9.17, 15) is 0 Å². The number of rotatable bonds is 8. The van der Waals surface area contributed by atoms with Crippen LogP contribution >= 0.6 is 0 Å². The van der Waals surface area contributed by atoms with Crippen molar-refractivity contribution < 1.29 is 14.2 Å². The highest BCUT2D eigenvalue weighted by atomic mass is 16.5. The molecule has 0 aliphatic rings. The number of benzene rings is 2. The van der Waals surface area contributed by atoms with Gasteiger partial charge in [0.1, 0.15) is 17.2 Å². The zero-order valence-electron chi connectivity index (χ0n) is 13.6. The minimum atomic E-state index is 0.697. The molecule has 0 saturated carbocycles. The normalized spacial score (nSPS) is 10.3. The Labute approximate surface area is 132 Å². The topological polar surface area (TPSA) is 27.7 Å². The van der Waals surface area contributed by atoms with Gasteiger partial charge in [-0.1, -0.05) is 12.1 Å². The summed E-state index contributed by atoms with van der Waals surface area (Å²) in [6, 6.07) is 13.8. The first kappa shape index (κ1) is 16.2. The third kappa shape index (κ3) is 4.69. The average Bonchev–Trinajstić information content (AvgIpc) is 2.55. The van der Waals surface area contributed by atoms with Crippen LogP contribution in [0.25, 0.3) is 0 Å². The molecule has 0 aliphatic heterocycles. The molecule has 0 heterocycles. The Bertz CT molecular complexity index is 576. The van der Waals surface area contributed by atoms with Gasteiger partial charge in [0.05, 0.1) is 20.3 Å². The van der Waals surface area contributed by atoms with E-state index in [0.717, 1.165) is 36.7 Å². The Morgan fingerprint density at radius 3 is 2.09 bits per heavy atom. The van der Waals surface area contributed by atoms with Crippen molar-refractivity contribution in [1.29, 1.82) is 0 Å². The molecule has 2 aromatic rings. The lowest BCUT2D eigenvalue weighted by molar-refractivity contribution is 0.265. The highest BCUT2D eigenvalue weighted by molar-refractivity contribution is 5.38. The van der Waals surface area contributed by atoms with E-state index in [1.807, 2.05) is 36.4 Å². The molecule has 0 fully saturated rings. The summed E-state index contributed by atoms with van der Waals surface area (Å²) in [4.78, 5) is 0. The van der Waals surface area contributed by atoms with Crippen LogP contribution in [0.15, 0.2) is 42.5 Å². The van der Waals surface area contributed by atoms with Crippen LogP contribution in [0.2, 0.25) is 0 Å². The SMILES string of the molecule is COc1ccc(OCCCCOc2cccc(C)c2C)cc1. The third-order valence-electron chi connectivity index (χ3n) is 3.68. The number of hydrogen-bond donors (Lipinski definition) is 0. The van der Waals surface area contributed by atoms with Crippen LogP contribution < -0.4 is 14.2 Å². The number of unbranched alkanes of at least 4 members (excludes halogenated alkanes) is 1. The van der Waals surface area contributed by atoms with Crippen molar-refractivity contribution in [3.63, 3.8) is 0 Å². The maximum Gasteiger partial charge on any atom is 0.122 e. The lowest BCUT2D eigenvalue weighted by Gasteiger charge is -2.11. The largest absolute Gasteiger partial charge is 0.497 e. The van der Waals surface area contributed by atoms with Crippen LogP contribution in [0.5, 0.6) is 17.2 Å². The molecule has 0 N–H and O–H groups in total. The standard InChI is InChI=1S/C19H24O3/c1-15-7-6-8-19(16(15)2)22-14-5-4-13-21-18-11-9-17(20-3)10-12-18/h6-12H,4-5,13-14H2,1-3H3. The van der Waals surface area contributed by atoms with Gasteiger partial charge in [0, 0.05) is 0 Å². The van der Waals surface area contributed by atoms with Gasteiger partial charge in [0.25, 0.3) is 0 Å². The van der Waals surface area contributed by atoms with Crippen LogP contribution in [-0.2, 0) is 0 Å². The van der Waals surface area contributed by atoms with Crippen molar-refractivity contribution in [2.24, 2.45) is 0 Å². The van der Waals surface area contributed by atoms with E-state index in [1.165, 1.54) is 11.1 Å².